The van der Waals surface area contributed by atoms with E-state index in [0.717, 1.165) is 11.1 Å². The van der Waals surface area contributed by atoms with Crippen molar-refractivity contribution in [3.8, 4) is 57.5 Å². The van der Waals surface area contributed by atoms with E-state index in [-0.39, 0.29) is 24.1 Å². The summed E-state index contributed by atoms with van der Waals surface area (Å²) in [6.07, 6.45) is 15.6. The van der Waals surface area contributed by atoms with E-state index in [0.29, 0.717) is 109 Å². The Morgan fingerprint density at radius 1 is 0.562 bits per heavy atom. The fraction of sp³-hybridized carbons (Fsp3) is 0.228. The Hall–Kier alpha value is -8.79. The highest BCUT2D eigenvalue weighted by molar-refractivity contribution is 6.06. The smallest absolute Gasteiger partial charge is 0.203 e. The molecule has 0 radical (unpaired) electrons. The molecule has 0 spiro atoms. The molecule has 6 rings (SSSR count). The van der Waals surface area contributed by atoms with Gasteiger partial charge in [-0.3, -0.25) is 9.59 Å². The first-order valence-corrected chi connectivity index (χ1v) is 22.8. The minimum atomic E-state index is -0.437. The van der Waals surface area contributed by atoms with E-state index in [1.54, 1.807) is 58.9 Å². The van der Waals surface area contributed by atoms with Crippen LogP contribution in [-0.2, 0) is 4.79 Å². The number of ketones is 2. The molecule has 0 aromatic heterocycles. The van der Waals surface area contributed by atoms with Crippen LogP contribution in [0.2, 0.25) is 0 Å². The average molecular weight is 998 g/mol. The van der Waals surface area contributed by atoms with Gasteiger partial charge in [0.2, 0.25) is 11.5 Å². The zero-order valence-electron chi connectivity index (χ0n) is 42.5. The molecule has 1 aliphatic carbocycles. The number of carbonyl (C=O) groups is 2. The summed E-state index contributed by atoms with van der Waals surface area (Å²) >= 11 is 0. The largest absolute Gasteiger partial charge is 0.493 e. The van der Waals surface area contributed by atoms with Gasteiger partial charge in [0, 0.05) is 58.1 Å². The fourth-order valence-electron chi connectivity index (χ4n) is 8.03. The van der Waals surface area contributed by atoms with Crippen LogP contribution < -0.4 is 63.7 Å². The second-order valence-electron chi connectivity index (χ2n) is 16.2. The number of ether oxygens (including phenoxy) is 10. The van der Waals surface area contributed by atoms with Crippen LogP contribution in [-0.4, -0.2) is 82.2 Å². The average Bonchev–Trinajstić information content (AvgIpc) is 3.41. The number of rotatable bonds is 24. The maximum Gasteiger partial charge on any atom is 0.203 e. The third kappa shape index (κ3) is 12.8. The number of halogens is 1. The molecular formula is C57H60FN3O12. The van der Waals surface area contributed by atoms with Crippen molar-refractivity contribution in [1.82, 2.24) is 0 Å². The Bertz CT molecular complexity index is 2970. The van der Waals surface area contributed by atoms with E-state index in [1.807, 2.05) is 61.6 Å². The van der Waals surface area contributed by atoms with Gasteiger partial charge in [-0.25, -0.2) is 4.39 Å². The summed E-state index contributed by atoms with van der Waals surface area (Å²) in [5.41, 5.74) is 12.4. The number of nitrogens with one attached hydrogen (secondary N) is 2. The molecule has 4 N–H and O–H groups in total. The second-order valence-corrected chi connectivity index (χ2v) is 16.2. The van der Waals surface area contributed by atoms with Gasteiger partial charge in [0.15, 0.2) is 57.6 Å². The van der Waals surface area contributed by atoms with Gasteiger partial charge in [-0.2, -0.15) is 0 Å². The first kappa shape index (κ1) is 53.6. The van der Waals surface area contributed by atoms with Gasteiger partial charge in [0.05, 0.1) is 75.4 Å². The van der Waals surface area contributed by atoms with Gasteiger partial charge in [-0.1, -0.05) is 37.3 Å². The van der Waals surface area contributed by atoms with Crippen molar-refractivity contribution in [2.75, 3.05) is 81.2 Å². The monoisotopic (exact) mass is 997 g/mol. The minimum Gasteiger partial charge on any atom is -0.493 e. The van der Waals surface area contributed by atoms with E-state index in [1.165, 1.54) is 78.2 Å². The molecule has 1 atom stereocenters. The van der Waals surface area contributed by atoms with Gasteiger partial charge in [-0.05, 0) is 96.3 Å². The summed E-state index contributed by atoms with van der Waals surface area (Å²) in [6, 6.07) is 19.8. The lowest BCUT2D eigenvalue weighted by Crippen LogP contribution is -2.21. The first-order valence-electron chi connectivity index (χ1n) is 22.8. The predicted octanol–water partition coefficient (Wildman–Crippen LogP) is 10.8. The van der Waals surface area contributed by atoms with Crippen LogP contribution in [0.1, 0.15) is 46.0 Å². The van der Waals surface area contributed by atoms with Crippen LogP contribution in [0, 0.1) is 11.7 Å². The molecule has 0 heterocycles. The molecule has 5 aromatic rings. The number of anilines is 2. The maximum absolute atomic E-state index is 14.0. The number of hydrogen-bond donors (Lipinski definition) is 3. The van der Waals surface area contributed by atoms with E-state index in [4.69, 9.17) is 53.1 Å². The summed E-state index contributed by atoms with van der Waals surface area (Å²) in [4.78, 5) is 26.8. The van der Waals surface area contributed by atoms with E-state index >= 15 is 0 Å². The lowest BCUT2D eigenvalue weighted by molar-refractivity contribution is -0.111. The first-order chi connectivity index (χ1) is 35.3. The van der Waals surface area contributed by atoms with Crippen molar-refractivity contribution in [1.29, 1.82) is 0 Å². The summed E-state index contributed by atoms with van der Waals surface area (Å²) < 4.78 is 70.6. The van der Waals surface area contributed by atoms with E-state index in [9.17, 15) is 14.0 Å². The van der Waals surface area contributed by atoms with E-state index < -0.39 is 5.82 Å². The highest BCUT2D eigenvalue weighted by atomic mass is 19.1. The fourth-order valence-corrected chi connectivity index (χ4v) is 8.03. The van der Waals surface area contributed by atoms with E-state index in [2.05, 4.69) is 10.6 Å². The molecule has 0 saturated carbocycles. The summed E-state index contributed by atoms with van der Waals surface area (Å²) in [7, 11) is 13.8. The van der Waals surface area contributed by atoms with Gasteiger partial charge in [0.1, 0.15) is 12.4 Å². The van der Waals surface area contributed by atoms with Crippen molar-refractivity contribution in [2.45, 2.75) is 13.3 Å². The Balaban J connectivity index is 1.22. The number of nitrogens with two attached hydrogens (primary N) is 1. The number of methoxy groups -OCH3 is 9. The minimum absolute atomic E-state index is 0.0109. The number of carbonyl (C=O) groups excluding carboxylic acids is 2. The number of allylic oxidation sites excluding steroid dienone is 4. The molecule has 0 aliphatic heterocycles. The maximum atomic E-state index is 14.0. The summed E-state index contributed by atoms with van der Waals surface area (Å²) in [5.74, 6) is 3.29. The molecule has 0 amide bonds. The van der Waals surface area contributed by atoms with Gasteiger partial charge >= 0.3 is 0 Å². The molecule has 5 aromatic carbocycles. The van der Waals surface area contributed by atoms with Gasteiger partial charge in [0.25, 0.3) is 0 Å². The SMILES string of the molecule is COc1cc(/C=C\c2ccc(OC)c(OC)c2N/C=C\C(=O)C2=C(N)C(COc3cc(/C=C\c4ccc(OC)c(OC)c4N/C=C\C(=O)c4ccc(F)cc4)cc(OC)c3OC)=CC(C)C2)cc(OC)c1OC. The van der Waals surface area contributed by atoms with Crippen LogP contribution in [0.15, 0.2) is 120 Å². The molecule has 0 saturated heterocycles. The molecule has 0 fully saturated rings. The zero-order valence-corrected chi connectivity index (χ0v) is 42.5. The van der Waals surface area contributed by atoms with Crippen molar-refractivity contribution in [3.05, 3.63) is 154 Å². The topological polar surface area (TPSA) is 177 Å². The van der Waals surface area contributed by atoms with Gasteiger partial charge in [-0.15, -0.1) is 0 Å². The van der Waals surface area contributed by atoms with Gasteiger partial charge < -0.3 is 63.7 Å². The van der Waals surface area contributed by atoms with Crippen LogP contribution in [0.25, 0.3) is 24.3 Å². The molecule has 0 bridgehead atoms. The van der Waals surface area contributed by atoms with Crippen molar-refractivity contribution < 1.29 is 61.3 Å². The lowest BCUT2D eigenvalue weighted by atomic mass is 9.87. The molecule has 16 heteroatoms. The number of benzene rings is 5. The molecular weight excluding hydrogens is 938 g/mol. The molecule has 73 heavy (non-hydrogen) atoms. The highest BCUT2D eigenvalue weighted by Gasteiger charge is 2.24. The third-order valence-corrected chi connectivity index (χ3v) is 11.6. The Kier molecular flexibility index (Phi) is 18.6. The van der Waals surface area contributed by atoms with Crippen molar-refractivity contribution in [2.24, 2.45) is 11.7 Å². The quantitative estimate of drug-likeness (QED) is 0.0302. The predicted molar refractivity (Wildman–Crippen MR) is 282 cm³/mol. The Labute approximate surface area is 424 Å². The summed E-state index contributed by atoms with van der Waals surface area (Å²) in [5, 5.41) is 6.40. The van der Waals surface area contributed by atoms with Crippen molar-refractivity contribution >= 4 is 47.2 Å². The Morgan fingerprint density at radius 2 is 1.00 bits per heavy atom. The number of hydrogen-bond acceptors (Lipinski definition) is 15. The standard InChI is InChI=1S/C57H60FN3O12/c1-34-27-40(51(59)42(28-34)44(63)24-26-61-53-38(17-21-46(65-3)57(53)72-10)13-11-35-29-47(66-4)54(69-7)48(30-35)67-5)33-73-50-32-36(31-49(68-6)55(50)70-8)12-14-39-18-22-45(64-2)56(71-9)52(39)60-25-23-43(62)37-15-19-41(58)20-16-37/h11-27,29-32,34,60-61H,28,33,59H2,1-10H3/b13-11-,14-12-,25-23-,26-24-. The summed E-state index contributed by atoms with van der Waals surface area (Å²) in [6.45, 7) is 2.01. The highest BCUT2D eigenvalue weighted by Crippen LogP contribution is 2.43. The van der Waals surface area contributed by atoms with Crippen LogP contribution in [0.3, 0.4) is 0 Å². The molecule has 15 nitrogen and oxygen atoms in total. The van der Waals surface area contributed by atoms with Crippen LogP contribution in [0.4, 0.5) is 15.8 Å². The normalized spacial score (nSPS) is 13.5. The third-order valence-electron chi connectivity index (χ3n) is 11.6. The lowest BCUT2D eigenvalue weighted by Gasteiger charge is -2.23. The van der Waals surface area contributed by atoms with Crippen LogP contribution in [0.5, 0.6) is 57.5 Å². The van der Waals surface area contributed by atoms with Crippen molar-refractivity contribution in [3.63, 3.8) is 0 Å². The zero-order chi connectivity index (χ0) is 52.6. The Morgan fingerprint density at radius 3 is 1.45 bits per heavy atom. The molecule has 1 unspecified atom stereocenters. The van der Waals surface area contributed by atoms with Crippen LogP contribution >= 0.6 is 0 Å². The molecule has 1 aliphatic rings. The molecule has 382 valence electrons. The second kappa shape index (κ2) is 25.4.